The van der Waals surface area contributed by atoms with Gasteiger partial charge in [0.05, 0.1) is 5.75 Å². The van der Waals surface area contributed by atoms with Gasteiger partial charge in [-0.15, -0.1) is 0 Å². The maximum Gasteiger partial charge on any atom is 0.302 e. The molecule has 30 heavy (non-hydrogen) atoms. The van der Waals surface area contributed by atoms with Crippen LogP contribution in [0.3, 0.4) is 0 Å². The van der Waals surface area contributed by atoms with Crippen LogP contribution in [-0.4, -0.2) is 43.2 Å². The van der Waals surface area contributed by atoms with Gasteiger partial charge in [-0.05, 0) is 73.7 Å². The van der Waals surface area contributed by atoms with Gasteiger partial charge in [0.1, 0.15) is 11.4 Å². The first-order valence-electron chi connectivity index (χ1n) is 11.6. The summed E-state index contributed by atoms with van der Waals surface area (Å²) in [6.07, 6.45) is 9.28. The van der Waals surface area contributed by atoms with E-state index in [1.165, 1.54) is 12.5 Å². The number of hydrogen-bond donors (Lipinski definition) is 1. The Morgan fingerprint density at radius 1 is 1.30 bits per heavy atom. The summed E-state index contributed by atoms with van der Waals surface area (Å²) in [7, 11) is -3.23. The third-order valence-corrected chi connectivity index (χ3v) is 10.4. The number of sulfone groups is 1. The lowest BCUT2D eigenvalue weighted by molar-refractivity contribution is -0.146. The molecule has 0 unspecified atom stereocenters. The third-order valence-electron chi connectivity index (χ3n) is 8.49. The van der Waals surface area contributed by atoms with E-state index in [0.29, 0.717) is 24.7 Å². The summed E-state index contributed by atoms with van der Waals surface area (Å²) in [6, 6.07) is 0. The second-order valence-corrected chi connectivity index (χ2v) is 12.5. The standard InChI is InChI=1S/C24H36O5S/c1-15(13-25)21-8-9-22-17(5-4-10-24(21,22)3)11-23-20-12-19(29-16(2)26)7-6-18(20)14-30(23,27)28/h11,15,19,21-23,25H,4-10,12-14H2,1-3H3/b17-11+/t15-,19+,21-,22+,23+,24-/m1/s1. The number of esters is 1. The second-order valence-electron chi connectivity index (χ2n) is 10.3. The molecule has 4 aliphatic rings. The number of ether oxygens (including phenoxy) is 1. The molecule has 5 nitrogen and oxygen atoms in total. The van der Waals surface area contributed by atoms with E-state index < -0.39 is 15.1 Å². The van der Waals surface area contributed by atoms with E-state index in [-0.39, 0.29) is 35.8 Å². The van der Waals surface area contributed by atoms with Crippen LogP contribution in [0.1, 0.15) is 72.1 Å². The lowest BCUT2D eigenvalue weighted by Gasteiger charge is -2.44. The van der Waals surface area contributed by atoms with Gasteiger partial charge in [-0.3, -0.25) is 4.79 Å². The van der Waals surface area contributed by atoms with Gasteiger partial charge in [-0.2, -0.15) is 0 Å². The Balaban J connectivity index is 1.63. The summed E-state index contributed by atoms with van der Waals surface area (Å²) >= 11 is 0. The molecule has 0 saturated heterocycles. The van der Waals surface area contributed by atoms with Gasteiger partial charge >= 0.3 is 5.97 Å². The Labute approximate surface area is 180 Å². The van der Waals surface area contributed by atoms with E-state index in [1.807, 2.05) is 0 Å². The highest BCUT2D eigenvalue weighted by Gasteiger charge is 2.51. The number of rotatable bonds is 4. The molecule has 168 valence electrons. The smallest absolute Gasteiger partial charge is 0.302 e. The minimum atomic E-state index is -3.23. The predicted octanol–water partition coefficient (Wildman–Crippen LogP) is 3.97. The monoisotopic (exact) mass is 436 g/mol. The first kappa shape index (κ1) is 22.1. The fourth-order valence-corrected chi connectivity index (χ4v) is 9.17. The van der Waals surface area contributed by atoms with Crippen molar-refractivity contribution in [2.75, 3.05) is 12.4 Å². The highest BCUT2D eigenvalue weighted by atomic mass is 32.2. The van der Waals surface area contributed by atoms with Crippen molar-refractivity contribution in [2.24, 2.45) is 23.2 Å². The number of carbonyl (C=O) groups excluding carboxylic acids is 1. The molecule has 0 aromatic heterocycles. The van der Waals surface area contributed by atoms with Crippen molar-refractivity contribution in [3.8, 4) is 0 Å². The van der Waals surface area contributed by atoms with E-state index in [2.05, 4.69) is 19.9 Å². The molecule has 1 heterocycles. The molecule has 0 aromatic rings. The van der Waals surface area contributed by atoms with Crippen LogP contribution in [0.15, 0.2) is 22.8 Å². The first-order valence-corrected chi connectivity index (χ1v) is 13.3. The van der Waals surface area contributed by atoms with Crippen LogP contribution in [0.5, 0.6) is 0 Å². The second kappa shape index (κ2) is 8.09. The normalized spacial score (nSPS) is 40.2. The lowest BCUT2D eigenvalue weighted by Crippen LogP contribution is -2.37. The quantitative estimate of drug-likeness (QED) is 0.533. The highest BCUT2D eigenvalue weighted by Crippen LogP contribution is 2.59. The number of aliphatic hydroxyl groups excluding tert-OH is 1. The van der Waals surface area contributed by atoms with Crippen molar-refractivity contribution >= 4 is 15.8 Å². The van der Waals surface area contributed by atoms with Crippen molar-refractivity contribution in [3.05, 3.63) is 22.8 Å². The molecular formula is C24H36O5S. The summed E-state index contributed by atoms with van der Waals surface area (Å²) in [5, 5.41) is 9.20. The van der Waals surface area contributed by atoms with E-state index in [0.717, 1.165) is 49.7 Å². The van der Waals surface area contributed by atoms with Gasteiger partial charge in [-0.1, -0.05) is 31.1 Å². The van der Waals surface area contributed by atoms with E-state index >= 15 is 0 Å². The van der Waals surface area contributed by atoms with E-state index in [9.17, 15) is 18.3 Å². The Hall–Kier alpha value is -1.14. The molecule has 4 rings (SSSR count). The van der Waals surface area contributed by atoms with Crippen LogP contribution < -0.4 is 0 Å². The van der Waals surface area contributed by atoms with Crippen LogP contribution in [-0.2, 0) is 19.4 Å². The predicted molar refractivity (Wildman–Crippen MR) is 117 cm³/mol. The van der Waals surface area contributed by atoms with Gasteiger partial charge < -0.3 is 9.84 Å². The van der Waals surface area contributed by atoms with Crippen molar-refractivity contribution in [1.82, 2.24) is 0 Å². The molecule has 0 bridgehead atoms. The molecular weight excluding hydrogens is 400 g/mol. The number of fused-ring (bicyclic) bond motifs is 1. The number of hydrogen-bond acceptors (Lipinski definition) is 5. The van der Waals surface area contributed by atoms with Gasteiger partial charge in [0, 0.05) is 20.0 Å². The number of carbonyl (C=O) groups is 1. The maximum atomic E-state index is 13.1. The van der Waals surface area contributed by atoms with Crippen molar-refractivity contribution in [3.63, 3.8) is 0 Å². The molecule has 0 radical (unpaired) electrons. The minimum absolute atomic E-state index is 0.151. The molecule has 6 atom stereocenters. The summed E-state index contributed by atoms with van der Waals surface area (Å²) in [5.41, 5.74) is 3.51. The summed E-state index contributed by atoms with van der Waals surface area (Å²) < 4.78 is 31.6. The average Bonchev–Trinajstić information content (AvgIpc) is 3.15. The zero-order valence-electron chi connectivity index (χ0n) is 18.5. The summed E-state index contributed by atoms with van der Waals surface area (Å²) in [6.45, 7) is 6.14. The fourth-order valence-electron chi connectivity index (χ4n) is 7.09. The molecule has 6 heteroatoms. The summed E-state index contributed by atoms with van der Waals surface area (Å²) in [4.78, 5) is 11.4. The molecule has 1 aliphatic heterocycles. The topological polar surface area (TPSA) is 80.7 Å². The Morgan fingerprint density at radius 2 is 2.07 bits per heavy atom. The van der Waals surface area contributed by atoms with Gasteiger partial charge in [0.2, 0.25) is 0 Å². The van der Waals surface area contributed by atoms with Gasteiger partial charge in [0.15, 0.2) is 9.84 Å². The maximum absolute atomic E-state index is 13.1. The van der Waals surface area contributed by atoms with Crippen molar-refractivity contribution < 1.29 is 23.1 Å². The number of aliphatic hydroxyl groups is 1. The number of allylic oxidation sites excluding steroid dienone is 1. The highest BCUT2D eigenvalue weighted by molar-refractivity contribution is 7.92. The Morgan fingerprint density at radius 3 is 2.77 bits per heavy atom. The molecule has 0 aromatic carbocycles. The molecule has 0 amide bonds. The van der Waals surface area contributed by atoms with Gasteiger partial charge in [0.25, 0.3) is 0 Å². The van der Waals surface area contributed by atoms with Gasteiger partial charge in [-0.25, -0.2) is 8.42 Å². The average molecular weight is 437 g/mol. The van der Waals surface area contributed by atoms with Crippen LogP contribution >= 0.6 is 0 Å². The molecule has 1 N–H and O–H groups in total. The van der Waals surface area contributed by atoms with Crippen LogP contribution in [0.4, 0.5) is 0 Å². The summed E-state index contributed by atoms with van der Waals surface area (Å²) in [5.74, 6) is 1.06. The zero-order chi connectivity index (χ0) is 21.7. The molecule has 0 spiro atoms. The zero-order valence-corrected chi connectivity index (χ0v) is 19.3. The largest absolute Gasteiger partial charge is 0.462 e. The Kier molecular flexibility index (Phi) is 5.95. The van der Waals surface area contributed by atoms with E-state index in [4.69, 9.17) is 4.74 Å². The van der Waals surface area contributed by atoms with Crippen LogP contribution in [0.25, 0.3) is 0 Å². The first-order chi connectivity index (χ1) is 14.2. The van der Waals surface area contributed by atoms with Crippen molar-refractivity contribution in [2.45, 2.75) is 83.5 Å². The third kappa shape index (κ3) is 3.79. The van der Waals surface area contributed by atoms with E-state index in [1.54, 1.807) is 0 Å². The SMILES string of the molecule is CC(=O)O[C@H]1CCC2=C(C1)[C@H](/C=C1\CCC[C@]3(C)[C@@H]([C@H](C)CO)CC[C@@H]13)S(=O)(=O)C2. The molecule has 2 saturated carbocycles. The molecule has 2 fully saturated rings. The van der Waals surface area contributed by atoms with Crippen LogP contribution in [0.2, 0.25) is 0 Å². The van der Waals surface area contributed by atoms with Crippen molar-refractivity contribution in [1.29, 1.82) is 0 Å². The van der Waals surface area contributed by atoms with Crippen LogP contribution in [0, 0.1) is 23.2 Å². The minimum Gasteiger partial charge on any atom is -0.462 e. The fraction of sp³-hybridized carbons (Fsp3) is 0.792. The Bertz CT molecular complexity index is 870. The lowest BCUT2D eigenvalue weighted by atomic mass is 9.61. The molecule has 3 aliphatic carbocycles.